The minimum Gasteiger partial charge on any atom is -0.494 e. The molecule has 1 amide bonds. The molecule has 1 aliphatic rings. The van der Waals surface area contributed by atoms with Crippen LogP contribution in [0.5, 0.6) is 5.75 Å². The van der Waals surface area contributed by atoms with Crippen molar-refractivity contribution < 1.29 is 9.53 Å². The number of thioether (sulfide) groups is 1. The lowest BCUT2D eigenvalue weighted by Crippen LogP contribution is -2.22. The highest BCUT2D eigenvalue weighted by Crippen LogP contribution is 2.31. The number of unbranched alkanes of at least 4 members (excludes halogenated alkanes) is 5. The Morgan fingerprint density at radius 2 is 1.79 bits per heavy atom. The third-order valence-electron chi connectivity index (χ3n) is 3.93. The average Bonchev–Trinajstić information content (AvgIpc) is 2.82. The topological polar surface area (TPSA) is 29.5 Å². The number of ether oxygens (including phenoxy) is 1. The van der Waals surface area contributed by atoms with Crippen LogP contribution in [0.1, 0.15) is 51.0 Å². The second-order valence-corrected chi connectivity index (χ2v) is 7.60. The van der Waals surface area contributed by atoms with Crippen LogP contribution in [-0.4, -0.2) is 28.8 Å². The Hall–Kier alpha value is -1.33. The molecule has 130 valence electrons. The number of benzene rings is 1. The van der Waals surface area contributed by atoms with E-state index in [4.69, 9.17) is 17.0 Å². The molecule has 0 N–H and O–H groups in total. The lowest BCUT2D eigenvalue weighted by atomic mass is 10.1. The second-order valence-electron chi connectivity index (χ2n) is 5.93. The van der Waals surface area contributed by atoms with Crippen LogP contribution >= 0.6 is 24.0 Å². The van der Waals surface area contributed by atoms with E-state index in [1.54, 1.807) is 7.05 Å². The van der Waals surface area contributed by atoms with Crippen molar-refractivity contribution in [1.82, 2.24) is 4.90 Å². The Kier molecular flexibility index (Phi) is 7.79. The fraction of sp³-hybridized carbons (Fsp3) is 0.474. The molecule has 1 heterocycles. The van der Waals surface area contributed by atoms with E-state index < -0.39 is 0 Å². The Morgan fingerprint density at radius 1 is 1.12 bits per heavy atom. The van der Waals surface area contributed by atoms with Crippen LogP contribution in [0.25, 0.3) is 6.08 Å². The largest absolute Gasteiger partial charge is 0.494 e. The van der Waals surface area contributed by atoms with Crippen molar-refractivity contribution in [3.63, 3.8) is 0 Å². The molecule has 1 aliphatic heterocycles. The molecule has 0 radical (unpaired) electrons. The molecule has 1 saturated heterocycles. The fourth-order valence-electron chi connectivity index (χ4n) is 2.43. The number of likely N-dealkylation sites (N-methyl/N-ethyl adjacent to an activating group) is 1. The van der Waals surface area contributed by atoms with Crippen LogP contribution in [0.3, 0.4) is 0 Å². The summed E-state index contributed by atoms with van der Waals surface area (Å²) in [5, 5.41) is 0. The zero-order valence-electron chi connectivity index (χ0n) is 14.4. The molecule has 1 fully saturated rings. The van der Waals surface area contributed by atoms with Gasteiger partial charge in [0.25, 0.3) is 5.91 Å². The summed E-state index contributed by atoms with van der Waals surface area (Å²) in [7, 11) is 1.71. The van der Waals surface area contributed by atoms with Crippen molar-refractivity contribution in [3.8, 4) is 5.75 Å². The summed E-state index contributed by atoms with van der Waals surface area (Å²) in [6, 6.07) is 7.85. The third kappa shape index (κ3) is 5.64. The first kappa shape index (κ1) is 19.0. The number of amides is 1. The molecule has 3 nitrogen and oxygen atoms in total. The molecule has 24 heavy (non-hydrogen) atoms. The minimum atomic E-state index is -0.0339. The van der Waals surface area contributed by atoms with E-state index >= 15 is 0 Å². The zero-order valence-corrected chi connectivity index (χ0v) is 16.0. The molecular formula is C19H25NO2S2. The number of rotatable bonds is 9. The molecule has 0 atom stereocenters. The SMILES string of the molecule is CCCCCCCCOc1ccc(C=C2SC(=S)N(C)C2=O)cc1. The zero-order chi connectivity index (χ0) is 17.4. The maximum Gasteiger partial charge on any atom is 0.265 e. The van der Waals surface area contributed by atoms with Gasteiger partial charge in [-0.1, -0.05) is 75.1 Å². The first-order chi connectivity index (χ1) is 11.6. The summed E-state index contributed by atoms with van der Waals surface area (Å²) in [5.41, 5.74) is 0.982. The lowest BCUT2D eigenvalue weighted by molar-refractivity contribution is -0.121. The van der Waals surface area contributed by atoms with Gasteiger partial charge in [0.15, 0.2) is 0 Å². The summed E-state index contributed by atoms with van der Waals surface area (Å²) in [6.45, 7) is 3.00. The van der Waals surface area contributed by atoms with E-state index in [9.17, 15) is 4.79 Å². The van der Waals surface area contributed by atoms with E-state index in [0.717, 1.165) is 24.3 Å². The quantitative estimate of drug-likeness (QED) is 0.340. The Labute approximate surface area is 154 Å². The van der Waals surface area contributed by atoms with Crippen LogP contribution in [0.2, 0.25) is 0 Å². The van der Waals surface area contributed by atoms with Gasteiger partial charge in [-0.2, -0.15) is 0 Å². The van der Waals surface area contributed by atoms with E-state index in [-0.39, 0.29) is 5.91 Å². The number of carbonyl (C=O) groups excluding carboxylic acids is 1. The normalized spacial score (nSPS) is 16.2. The molecule has 5 heteroatoms. The van der Waals surface area contributed by atoms with Crippen molar-refractivity contribution in [3.05, 3.63) is 34.7 Å². The predicted molar refractivity (Wildman–Crippen MR) is 106 cm³/mol. The Balaban J connectivity index is 1.77. The van der Waals surface area contributed by atoms with Gasteiger partial charge in [0.2, 0.25) is 0 Å². The van der Waals surface area contributed by atoms with Crippen molar-refractivity contribution in [2.75, 3.05) is 13.7 Å². The molecule has 1 aromatic carbocycles. The molecule has 0 unspecified atom stereocenters. The maximum atomic E-state index is 12.0. The van der Waals surface area contributed by atoms with Crippen LogP contribution in [0, 0.1) is 0 Å². The maximum absolute atomic E-state index is 12.0. The summed E-state index contributed by atoms with van der Waals surface area (Å²) in [5.74, 6) is 0.845. The molecule has 0 spiro atoms. The molecule has 0 aromatic heterocycles. The minimum absolute atomic E-state index is 0.0339. The van der Waals surface area contributed by atoms with E-state index in [1.807, 2.05) is 30.3 Å². The van der Waals surface area contributed by atoms with Gasteiger partial charge in [-0.3, -0.25) is 9.69 Å². The molecule has 0 saturated carbocycles. The first-order valence-electron chi connectivity index (χ1n) is 8.56. The van der Waals surface area contributed by atoms with E-state index in [1.165, 1.54) is 48.8 Å². The summed E-state index contributed by atoms with van der Waals surface area (Å²) in [6.07, 6.45) is 9.45. The molecule has 2 rings (SSSR count). The van der Waals surface area contributed by atoms with Gasteiger partial charge in [0, 0.05) is 7.05 Å². The van der Waals surface area contributed by atoms with Crippen molar-refractivity contribution in [1.29, 1.82) is 0 Å². The van der Waals surface area contributed by atoms with Crippen molar-refractivity contribution >= 4 is 40.3 Å². The van der Waals surface area contributed by atoms with E-state index in [2.05, 4.69) is 6.92 Å². The average molecular weight is 364 g/mol. The van der Waals surface area contributed by atoms with E-state index in [0.29, 0.717) is 9.23 Å². The van der Waals surface area contributed by atoms with Gasteiger partial charge >= 0.3 is 0 Å². The van der Waals surface area contributed by atoms with Crippen molar-refractivity contribution in [2.24, 2.45) is 0 Å². The summed E-state index contributed by atoms with van der Waals surface area (Å²) < 4.78 is 6.37. The molecule has 1 aromatic rings. The molecule has 0 bridgehead atoms. The standard InChI is InChI=1S/C19H25NO2S2/c1-3-4-5-6-7-8-13-22-16-11-9-15(10-12-16)14-17-18(21)20(2)19(23)24-17/h9-12,14H,3-8,13H2,1-2H3. The number of thiocarbonyl (C=S) groups is 1. The van der Waals surface area contributed by atoms with Crippen LogP contribution in [-0.2, 0) is 4.79 Å². The van der Waals surface area contributed by atoms with Crippen LogP contribution in [0.4, 0.5) is 0 Å². The summed E-state index contributed by atoms with van der Waals surface area (Å²) >= 11 is 6.48. The molecular weight excluding hydrogens is 338 g/mol. The van der Waals surface area contributed by atoms with Crippen LogP contribution in [0.15, 0.2) is 29.2 Å². The van der Waals surface area contributed by atoms with Gasteiger partial charge in [0.1, 0.15) is 10.1 Å². The van der Waals surface area contributed by atoms with Crippen LogP contribution < -0.4 is 4.74 Å². The number of hydrogen-bond donors (Lipinski definition) is 0. The highest BCUT2D eigenvalue weighted by Gasteiger charge is 2.28. The monoisotopic (exact) mass is 363 g/mol. The van der Waals surface area contributed by atoms with Gasteiger partial charge in [-0.15, -0.1) is 0 Å². The highest BCUT2D eigenvalue weighted by molar-refractivity contribution is 8.26. The van der Waals surface area contributed by atoms with Gasteiger partial charge < -0.3 is 4.74 Å². The molecule has 0 aliphatic carbocycles. The summed E-state index contributed by atoms with van der Waals surface area (Å²) in [4.78, 5) is 14.2. The fourth-order valence-corrected chi connectivity index (χ4v) is 3.61. The smallest absolute Gasteiger partial charge is 0.265 e. The Bertz CT molecular complexity index is 596. The third-order valence-corrected chi connectivity index (χ3v) is 5.42. The number of carbonyl (C=O) groups is 1. The van der Waals surface area contributed by atoms with Crippen molar-refractivity contribution in [2.45, 2.75) is 45.4 Å². The first-order valence-corrected chi connectivity index (χ1v) is 9.78. The Morgan fingerprint density at radius 3 is 2.42 bits per heavy atom. The highest BCUT2D eigenvalue weighted by atomic mass is 32.2. The lowest BCUT2D eigenvalue weighted by Gasteiger charge is -2.06. The number of nitrogens with zero attached hydrogens (tertiary/aromatic N) is 1. The second kappa shape index (κ2) is 9.84. The predicted octanol–water partition coefficient (Wildman–Crippen LogP) is 5.26. The number of hydrogen-bond acceptors (Lipinski definition) is 4. The van der Waals surface area contributed by atoms with Gasteiger partial charge in [-0.05, 0) is 30.2 Å². The van der Waals surface area contributed by atoms with Gasteiger partial charge in [0.05, 0.1) is 11.5 Å². The van der Waals surface area contributed by atoms with Gasteiger partial charge in [-0.25, -0.2) is 0 Å².